The fourth-order valence-corrected chi connectivity index (χ4v) is 10.8. The molecule has 0 heterocycles. The van der Waals surface area contributed by atoms with Crippen LogP contribution in [0, 0.1) is 0 Å². The summed E-state index contributed by atoms with van der Waals surface area (Å²) in [4.78, 5) is 0. The first-order chi connectivity index (χ1) is 35.4. The highest BCUT2D eigenvalue weighted by molar-refractivity contribution is 5.59. The summed E-state index contributed by atoms with van der Waals surface area (Å²) >= 11 is 0. The Hall–Kier alpha value is -4.08. The number of hydrogen-bond acceptors (Lipinski definition) is 8. The quantitative estimate of drug-likeness (QED) is 0.0293. The molecule has 408 valence electrons. The summed E-state index contributed by atoms with van der Waals surface area (Å²) in [5.41, 5.74) is 13.5. The van der Waals surface area contributed by atoms with Gasteiger partial charge in [-0.3, -0.25) is 0 Å². The molecule has 0 aliphatic heterocycles. The first kappa shape index (κ1) is 61.5. The van der Waals surface area contributed by atoms with Crippen LogP contribution in [0.1, 0.15) is 230 Å². The molecule has 73 heavy (non-hydrogen) atoms. The standard InChI is InChI=1S/C64H96O8.CH4/c1-5-9-13-17-21-25-49-37-53-45-55-39-50(26-22-18-14-10-6-2)41-57(62(55)70-34-30-66)47-59-43-52(28-24-20-16-12-8-4)44-60(64(59)72-36-32-68)48-58-42-51(27-23-19-15-11-7-3)40-56(63(58)71-35-31-67)46-54(38-49)61(53)69-33-29-65;/h37-44,65-68H,5-36,45-48H2,1-4H3;1H4. The van der Waals surface area contributed by atoms with Crippen molar-refractivity contribution in [2.75, 3.05) is 52.9 Å². The maximum atomic E-state index is 10.3. The summed E-state index contributed by atoms with van der Waals surface area (Å²) in [6.07, 6.45) is 29.7. The Morgan fingerprint density at radius 1 is 0.288 bits per heavy atom. The molecule has 0 unspecified atom stereocenters. The predicted octanol–water partition coefficient (Wildman–Crippen LogP) is 14.5. The molecule has 0 spiro atoms. The van der Waals surface area contributed by atoms with E-state index in [9.17, 15) is 20.4 Å². The Balaban J connectivity index is 0.0000116. The second-order valence-corrected chi connectivity index (χ2v) is 20.6. The minimum absolute atomic E-state index is 0. The third-order valence-electron chi connectivity index (χ3n) is 14.4. The van der Waals surface area contributed by atoms with Crippen LogP contribution in [0.3, 0.4) is 0 Å². The zero-order chi connectivity index (χ0) is 51.2. The predicted molar refractivity (Wildman–Crippen MR) is 304 cm³/mol. The Labute approximate surface area is 443 Å². The van der Waals surface area contributed by atoms with Gasteiger partial charge in [0.1, 0.15) is 49.4 Å². The smallest absolute Gasteiger partial charge is 0.126 e. The van der Waals surface area contributed by atoms with Crippen molar-refractivity contribution in [3.63, 3.8) is 0 Å². The van der Waals surface area contributed by atoms with Crippen LogP contribution in [0.15, 0.2) is 48.5 Å². The first-order valence-electron chi connectivity index (χ1n) is 28.9. The molecule has 4 aromatic carbocycles. The topological polar surface area (TPSA) is 118 Å². The van der Waals surface area contributed by atoms with E-state index in [2.05, 4.69) is 76.2 Å². The van der Waals surface area contributed by atoms with E-state index in [1.165, 1.54) is 125 Å². The molecule has 1 aliphatic rings. The van der Waals surface area contributed by atoms with Gasteiger partial charge in [0.25, 0.3) is 0 Å². The van der Waals surface area contributed by atoms with Crippen molar-refractivity contribution in [2.24, 2.45) is 0 Å². The normalized spacial score (nSPS) is 12.2. The summed E-state index contributed by atoms with van der Waals surface area (Å²) < 4.78 is 26.9. The van der Waals surface area contributed by atoms with E-state index in [4.69, 9.17) is 18.9 Å². The lowest BCUT2D eigenvalue weighted by Gasteiger charge is -2.25. The monoisotopic (exact) mass is 1010 g/mol. The molecule has 4 N–H and O–H groups in total. The fourth-order valence-electron chi connectivity index (χ4n) is 10.8. The summed E-state index contributed by atoms with van der Waals surface area (Å²) in [5, 5.41) is 41.3. The van der Waals surface area contributed by atoms with Crippen LogP contribution in [-0.2, 0) is 51.4 Å². The number of unbranched alkanes of at least 4 members (excludes halogenated alkanes) is 16. The first-order valence-corrected chi connectivity index (χ1v) is 28.9. The molecule has 4 aromatic rings. The van der Waals surface area contributed by atoms with E-state index >= 15 is 0 Å². The van der Waals surface area contributed by atoms with E-state index in [-0.39, 0.29) is 60.3 Å². The Morgan fingerprint density at radius 3 is 0.630 bits per heavy atom. The summed E-state index contributed by atoms with van der Waals surface area (Å²) in [5.74, 6) is 3.16. The van der Waals surface area contributed by atoms with Gasteiger partial charge in [-0.25, -0.2) is 0 Å². The highest BCUT2D eigenvalue weighted by atomic mass is 16.5. The lowest BCUT2D eigenvalue weighted by molar-refractivity contribution is 0.197. The lowest BCUT2D eigenvalue weighted by Crippen LogP contribution is -2.13. The lowest BCUT2D eigenvalue weighted by atomic mass is 9.87. The van der Waals surface area contributed by atoms with Crippen LogP contribution in [0.2, 0.25) is 0 Å². The Kier molecular flexibility index (Phi) is 30.3. The van der Waals surface area contributed by atoms with Gasteiger partial charge in [-0.2, -0.15) is 0 Å². The van der Waals surface area contributed by atoms with Gasteiger partial charge in [0.05, 0.1) is 26.4 Å². The van der Waals surface area contributed by atoms with Crippen LogP contribution in [0.25, 0.3) is 0 Å². The van der Waals surface area contributed by atoms with Crippen molar-refractivity contribution in [2.45, 2.75) is 215 Å². The van der Waals surface area contributed by atoms with Crippen LogP contribution < -0.4 is 18.9 Å². The molecule has 0 amide bonds. The molecule has 1 aliphatic carbocycles. The van der Waals surface area contributed by atoms with Gasteiger partial charge in [0.15, 0.2) is 0 Å². The van der Waals surface area contributed by atoms with Crippen molar-refractivity contribution in [3.05, 3.63) is 115 Å². The van der Waals surface area contributed by atoms with Gasteiger partial charge in [0, 0.05) is 25.7 Å². The van der Waals surface area contributed by atoms with Crippen LogP contribution in [-0.4, -0.2) is 73.3 Å². The van der Waals surface area contributed by atoms with Crippen molar-refractivity contribution in [1.82, 2.24) is 0 Å². The number of aryl methyl sites for hydroxylation is 4. The number of benzene rings is 4. The Bertz CT molecular complexity index is 1750. The zero-order valence-electron chi connectivity index (χ0n) is 45.5. The minimum Gasteiger partial charge on any atom is -0.491 e. The molecule has 8 heteroatoms. The van der Waals surface area contributed by atoms with Gasteiger partial charge in [-0.05, 0) is 118 Å². The molecular formula is C65H100O8. The van der Waals surface area contributed by atoms with E-state index in [1.54, 1.807) is 0 Å². The van der Waals surface area contributed by atoms with Crippen LogP contribution in [0.5, 0.6) is 23.0 Å². The largest absolute Gasteiger partial charge is 0.491 e. The molecule has 5 rings (SSSR count). The van der Waals surface area contributed by atoms with Crippen molar-refractivity contribution in [3.8, 4) is 23.0 Å². The molecule has 0 radical (unpaired) electrons. The third-order valence-corrected chi connectivity index (χ3v) is 14.4. The van der Waals surface area contributed by atoms with Gasteiger partial charge in [0.2, 0.25) is 0 Å². The summed E-state index contributed by atoms with van der Waals surface area (Å²) in [6, 6.07) is 18.7. The molecule has 8 bridgehead atoms. The molecule has 0 fully saturated rings. The van der Waals surface area contributed by atoms with Crippen molar-refractivity contribution < 1.29 is 39.4 Å². The number of aliphatic hydroxyl groups excluding tert-OH is 4. The maximum absolute atomic E-state index is 10.3. The second-order valence-electron chi connectivity index (χ2n) is 20.6. The third kappa shape index (κ3) is 20.5. The van der Waals surface area contributed by atoms with E-state index < -0.39 is 0 Å². The van der Waals surface area contributed by atoms with Gasteiger partial charge >= 0.3 is 0 Å². The van der Waals surface area contributed by atoms with Crippen LogP contribution >= 0.6 is 0 Å². The number of hydrogen-bond donors (Lipinski definition) is 4. The molecule has 0 atom stereocenters. The average Bonchev–Trinajstić information content (AvgIpc) is 3.37. The highest BCUT2D eigenvalue weighted by Crippen LogP contribution is 2.42. The minimum atomic E-state index is -0.109. The zero-order valence-corrected chi connectivity index (χ0v) is 45.5. The van der Waals surface area contributed by atoms with Crippen LogP contribution in [0.4, 0.5) is 0 Å². The molecule has 8 nitrogen and oxygen atoms in total. The number of rotatable bonds is 36. The van der Waals surface area contributed by atoms with Gasteiger partial charge in [-0.15, -0.1) is 0 Å². The molecule has 0 saturated heterocycles. The number of aliphatic hydroxyl groups is 4. The number of ether oxygens (including phenoxy) is 4. The van der Waals surface area contributed by atoms with E-state index in [0.717, 1.165) is 119 Å². The Morgan fingerprint density at radius 2 is 0.466 bits per heavy atom. The van der Waals surface area contributed by atoms with E-state index in [0.29, 0.717) is 25.7 Å². The number of fused-ring (bicyclic) bond motifs is 8. The fraction of sp³-hybridized carbons (Fsp3) is 0.631. The second kappa shape index (κ2) is 36.0. The average molecular weight is 1010 g/mol. The van der Waals surface area contributed by atoms with Gasteiger partial charge in [-0.1, -0.05) is 186 Å². The maximum Gasteiger partial charge on any atom is 0.126 e. The molecule has 0 aromatic heterocycles. The summed E-state index contributed by atoms with van der Waals surface area (Å²) in [7, 11) is 0. The van der Waals surface area contributed by atoms with E-state index in [1.807, 2.05) is 0 Å². The van der Waals surface area contributed by atoms with Crippen molar-refractivity contribution >= 4 is 0 Å². The molecule has 0 saturated carbocycles. The SMILES string of the molecule is C.CCCCCCCc1cc2c(OCCO)c(c1)Cc1cc(CCCCCCC)cc(c1OCCO)Cc1cc(CCCCCCC)cc(c1OCCO)Cc1cc(CCCCCCC)cc(c1OCCO)C2. The van der Waals surface area contributed by atoms with Gasteiger partial charge < -0.3 is 39.4 Å². The molecular weight excluding hydrogens is 909 g/mol. The van der Waals surface area contributed by atoms with Crippen molar-refractivity contribution in [1.29, 1.82) is 0 Å². The highest BCUT2D eigenvalue weighted by Gasteiger charge is 2.25. The summed E-state index contributed by atoms with van der Waals surface area (Å²) in [6.45, 7) is 9.26.